The molecular weight excluding hydrogens is 212 g/mol. The summed E-state index contributed by atoms with van der Waals surface area (Å²) in [6.07, 6.45) is 0.609. The summed E-state index contributed by atoms with van der Waals surface area (Å²) in [5.41, 5.74) is 0.233. The second-order valence-corrected chi connectivity index (χ2v) is 3.12. The van der Waals surface area contributed by atoms with E-state index in [0.29, 0.717) is 6.42 Å². The number of nitrogens with one attached hydrogen (secondary N) is 1. The summed E-state index contributed by atoms with van der Waals surface area (Å²) < 4.78 is 31.0. The Kier molecular flexibility index (Phi) is 4.74. The SMILES string of the molecule is CNCCC#Cc1cc(F)cc(F)c1OC. The number of ether oxygens (including phenoxy) is 1. The van der Waals surface area contributed by atoms with Crippen LogP contribution in [0, 0.1) is 23.5 Å². The van der Waals surface area contributed by atoms with Crippen molar-refractivity contribution in [2.24, 2.45) is 0 Å². The molecule has 0 amide bonds. The van der Waals surface area contributed by atoms with Gasteiger partial charge in [-0.3, -0.25) is 0 Å². The van der Waals surface area contributed by atoms with Gasteiger partial charge in [0.25, 0.3) is 0 Å². The van der Waals surface area contributed by atoms with Crippen LogP contribution in [0.25, 0.3) is 0 Å². The highest BCUT2D eigenvalue weighted by Gasteiger charge is 2.09. The van der Waals surface area contributed by atoms with Gasteiger partial charge in [0, 0.05) is 19.0 Å². The molecule has 0 unspecified atom stereocenters. The molecule has 16 heavy (non-hydrogen) atoms. The van der Waals surface area contributed by atoms with Gasteiger partial charge in [0.1, 0.15) is 5.82 Å². The minimum Gasteiger partial charge on any atom is -0.492 e. The maximum Gasteiger partial charge on any atom is 0.170 e. The molecule has 0 aliphatic heterocycles. The predicted molar refractivity (Wildman–Crippen MR) is 58.3 cm³/mol. The Balaban J connectivity index is 2.96. The monoisotopic (exact) mass is 225 g/mol. The predicted octanol–water partition coefficient (Wildman–Crippen LogP) is 1.93. The number of benzene rings is 1. The zero-order chi connectivity index (χ0) is 12.0. The molecule has 0 heterocycles. The number of rotatable bonds is 3. The van der Waals surface area contributed by atoms with Gasteiger partial charge in [-0.25, -0.2) is 8.78 Å². The van der Waals surface area contributed by atoms with Gasteiger partial charge in [-0.15, -0.1) is 0 Å². The Morgan fingerprint density at radius 3 is 2.75 bits per heavy atom. The summed E-state index contributed by atoms with van der Waals surface area (Å²) in [6.45, 7) is 0.729. The average molecular weight is 225 g/mol. The van der Waals surface area contributed by atoms with Crippen LogP contribution in [0.3, 0.4) is 0 Å². The fourth-order valence-corrected chi connectivity index (χ4v) is 1.21. The average Bonchev–Trinajstić information content (AvgIpc) is 2.24. The lowest BCUT2D eigenvalue weighted by Gasteiger charge is -2.04. The van der Waals surface area contributed by atoms with Crippen molar-refractivity contribution in [3.05, 3.63) is 29.3 Å². The lowest BCUT2D eigenvalue weighted by atomic mass is 10.2. The molecule has 0 aromatic heterocycles. The third-order valence-electron chi connectivity index (χ3n) is 1.94. The first-order valence-electron chi connectivity index (χ1n) is 4.85. The van der Waals surface area contributed by atoms with Crippen molar-refractivity contribution in [1.29, 1.82) is 0 Å². The molecule has 0 aliphatic rings. The van der Waals surface area contributed by atoms with E-state index < -0.39 is 11.6 Å². The zero-order valence-electron chi connectivity index (χ0n) is 9.23. The van der Waals surface area contributed by atoms with Gasteiger partial charge in [0.05, 0.1) is 12.7 Å². The van der Waals surface area contributed by atoms with Crippen LogP contribution < -0.4 is 10.1 Å². The third-order valence-corrected chi connectivity index (χ3v) is 1.94. The van der Waals surface area contributed by atoms with Crippen LogP contribution >= 0.6 is 0 Å². The zero-order valence-corrected chi connectivity index (χ0v) is 9.23. The minimum atomic E-state index is -0.736. The van der Waals surface area contributed by atoms with Gasteiger partial charge in [-0.2, -0.15) is 0 Å². The molecule has 86 valence electrons. The van der Waals surface area contributed by atoms with Crippen molar-refractivity contribution in [2.75, 3.05) is 20.7 Å². The Labute approximate surface area is 93.6 Å². The summed E-state index contributed by atoms with van der Waals surface area (Å²) in [6, 6.07) is 1.94. The molecule has 0 bridgehead atoms. The summed E-state index contributed by atoms with van der Waals surface area (Å²) in [5, 5.41) is 2.92. The first kappa shape index (κ1) is 12.5. The largest absolute Gasteiger partial charge is 0.492 e. The molecule has 0 radical (unpaired) electrons. The molecule has 4 heteroatoms. The first-order chi connectivity index (χ1) is 7.69. The summed E-state index contributed by atoms with van der Waals surface area (Å²) >= 11 is 0. The van der Waals surface area contributed by atoms with E-state index in [-0.39, 0.29) is 11.3 Å². The molecule has 1 aromatic rings. The molecular formula is C12H13F2NO. The summed E-state index contributed by atoms with van der Waals surface area (Å²) in [7, 11) is 3.14. The Morgan fingerprint density at radius 1 is 1.38 bits per heavy atom. The van der Waals surface area contributed by atoms with Crippen molar-refractivity contribution in [1.82, 2.24) is 5.32 Å². The van der Waals surface area contributed by atoms with Crippen LogP contribution in [0.2, 0.25) is 0 Å². The van der Waals surface area contributed by atoms with Crippen LogP contribution in [0.5, 0.6) is 5.75 Å². The highest BCUT2D eigenvalue weighted by Crippen LogP contribution is 2.22. The molecule has 1 N–H and O–H groups in total. The summed E-state index contributed by atoms with van der Waals surface area (Å²) in [5.74, 6) is 4.08. The highest BCUT2D eigenvalue weighted by atomic mass is 19.1. The van der Waals surface area contributed by atoms with Crippen molar-refractivity contribution in [3.8, 4) is 17.6 Å². The third kappa shape index (κ3) is 3.21. The molecule has 0 aliphatic carbocycles. The Hall–Kier alpha value is -1.60. The van der Waals surface area contributed by atoms with Crippen LogP contribution in [0.1, 0.15) is 12.0 Å². The van der Waals surface area contributed by atoms with Crippen molar-refractivity contribution in [2.45, 2.75) is 6.42 Å². The lowest BCUT2D eigenvalue weighted by Crippen LogP contribution is -2.05. The van der Waals surface area contributed by atoms with Crippen LogP contribution in [0.15, 0.2) is 12.1 Å². The van der Waals surface area contributed by atoms with Crippen LogP contribution in [-0.2, 0) is 0 Å². The van der Waals surface area contributed by atoms with E-state index >= 15 is 0 Å². The van der Waals surface area contributed by atoms with Gasteiger partial charge in [-0.1, -0.05) is 11.8 Å². The van der Waals surface area contributed by atoms with Gasteiger partial charge >= 0.3 is 0 Å². The summed E-state index contributed by atoms with van der Waals surface area (Å²) in [4.78, 5) is 0. The molecule has 2 nitrogen and oxygen atoms in total. The van der Waals surface area contributed by atoms with Crippen molar-refractivity contribution < 1.29 is 13.5 Å². The second-order valence-electron chi connectivity index (χ2n) is 3.12. The molecule has 0 saturated carbocycles. The smallest absolute Gasteiger partial charge is 0.170 e. The van der Waals surface area contributed by atoms with E-state index in [2.05, 4.69) is 17.2 Å². The lowest BCUT2D eigenvalue weighted by molar-refractivity contribution is 0.383. The fourth-order valence-electron chi connectivity index (χ4n) is 1.21. The van der Waals surface area contributed by atoms with Gasteiger partial charge < -0.3 is 10.1 Å². The van der Waals surface area contributed by atoms with E-state index in [4.69, 9.17) is 4.74 Å². The normalized spacial score (nSPS) is 9.50. The van der Waals surface area contributed by atoms with E-state index in [9.17, 15) is 8.78 Å². The number of methoxy groups -OCH3 is 1. The molecule has 0 fully saturated rings. The molecule has 1 aromatic carbocycles. The number of halogens is 2. The maximum absolute atomic E-state index is 13.2. The second kappa shape index (κ2) is 6.09. The molecule has 0 spiro atoms. The standard InChI is InChI=1S/C12H13F2NO/c1-15-6-4-3-5-9-7-10(13)8-11(14)12(9)16-2/h7-8,15H,4,6H2,1-2H3. The van der Waals surface area contributed by atoms with E-state index in [1.54, 1.807) is 0 Å². The van der Waals surface area contributed by atoms with Crippen molar-refractivity contribution in [3.63, 3.8) is 0 Å². The van der Waals surface area contributed by atoms with Crippen molar-refractivity contribution >= 4 is 0 Å². The van der Waals surface area contributed by atoms with E-state index in [1.807, 2.05) is 7.05 Å². The molecule has 0 atom stereocenters. The Bertz CT molecular complexity index is 421. The van der Waals surface area contributed by atoms with Crippen LogP contribution in [0.4, 0.5) is 8.78 Å². The number of hydrogen-bond acceptors (Lipinski definition) is 2. The number of hydrogen-bond donors (Lipinski definition) is 1. The van der Waals surface area contributed by atoms with Crippen LogP contribution in [-0.4, -0.2) is 20.7 Å². The molecule has 1 rings (SSSR count). The first-order valence-corrected chi connectivity index (χ1v) is 4.85. The quantitative estimate of drug-likeness (QED) is 0.627. The fraction of sp³-hybridized carbons (Fsp3) is 0.333. The van der Waals surface area contributed by atoms with E-state index in [1.165, 1.54) is 7.11 Å². The van der Waals surface area contributed by atoms with Gasteiger partial charge in [0.2, 0.25) is 0 Å². The van der Waals surface area contributed by atoms with Gasteiger partial charge in [0.15, 0.2) is 11.6 Å². The van der Waals surface area contributed by atoms with Gasteiger partial charge in [-0.05, 0) is 13.1 Å². The Morgan fingerprint density at radius 2 is 2.12 bits per heavy atom. The highest BCUT2D eigenvalue weighted by molar-refractivity contribution is 5.47. The minimum absolute atomic E-state index is 0.0154. The maximum atomic E-state index is 13.2. The molecule has 0 saturated heterocycles. The topological polar surface area (TPSA) is 21.3 Å². The van der Waals surface area contributed by atoms with E-state index in [0.717, 1.165) is 18.7 Å².